The highest BCUT2D eigenvalue weighted by Crippen LogP contribution is 2.38. The van der Waals surface area contributed by atoms with Gasteiger partial charge in [-0.2, -0.15) is 0 Å². The molecule has 0 amide bonds. The van der Waals surface area contributed by atoms with Crippen LogP contribution in [0.2, 0.25) is 0 Å². The van der Waals surface area contributed by atoms with Gasteiger partial charge in [-0.1, -0.05) is 12.2 Å². The van der Waals surface area contributed by atoms with Gasteiger partial charge < -0.3 is 14.6 Å². The fraction of sp³-hybridized carbons (Fsp3) is 0.667. The average Bonchev–Trinajstić information content (AvgIpc) is 2.70. The summed E-state index contributed by atoms with van der Waals surface area (Å²) in [6.45, 7) is 6.96. The Kier molecular flexibility index (Phi) is 5.83. The Balaban J connectivity index is 2.09. The molecule has 134 valence electrons. The molecule has 6 nitrogen and oxygen atoms in total. The molecule has 0 saturated carbocycles. The van der Waals surface area contributed by atoms with Gasteiger partial charge in [0.1, 0.15) is 18.3 Å². The van der Waals surface area contributed by atoms with Crippen molar-refractivity contribution < 1.29 is 24.2 Å². The van der Waals surface area contributed by atoms with E-state index in [2.05, 4.69) is 0 Å². The molecule has 24 heavy (non-hydrogen) atoms. The van der Waals surface area contributed by atoms with Crippen LogP contribution in [0.15, 0.2) is 23.3 Å². The van der Waals surface area contributed by atoms with E-state index in [0.29, 0.717) is 24.0 Å². The van der Waals surface area contributed by atoms with Crippen molar-refractivity contribution in [2.75, 3.05) is 7.05 Å². The number of esters is 2. The van der Waals surface area contributed by atoms with E-state index in [1.165, 1.54) is 0 Å². The second-order valence-corrected chi connectivity index (χ2v) is 6.60. The minimum absolute atomic E-state index is 0.156. The van der Waals surface area contributed by atoms with Gasteiger partial charge in [0.05, 0.1) is 6.04 Å². The Morgan fingerprint density at radius 2 is 1.50 bits per heavy atom. The summed E-state index contributed by atoms with van der Waals surface area (Å²) in [6.07, 6.45) is 2.82. The van der Waals surface area contributed by atoms with Crippen LogP contribution in [0.25, 0.3) is 0 Å². The summed E-state index contributed by atoms with van der Waals surface area (Å²) in [5, 5.41) is 10.5. The number of nitrogens with zero attached hydrogens (tertiary/aromatic N) is 1. The average molecular weight is 337 g/mol. The normalized spacial score (nSPS) is 34.2. The van der Waals surface area contributed by atoms with Crippen molar-refractivity contribution in [1.29, 1.82) is 0 Å². The van der Waals surface area contributed by atoms with E-state index in [0.717, 1.165) is 0 Å². The van der Waals surface area contributed by atoms with E-state index in [1.54, 1.807) is 39.8 Å². The zero-order chi connectivity index (χ0) is 18.0. The van der Waals surface area contributed by atoms with Crippen LogP contribution in [-0.2, 0) is 19.1 Å². The van der Waals surface area contributed by atoms with Crippen LogP contribution in [-0.4, -0.2) is 59.4 Å². The molecule has 1 unspecified atom stereocenters. The first-order valence-corrected chi connectivity index (χ1v) is 8.37. The molecule has 2 heterocycles. The van der Waals surface area contributed by atoms with Crippen molar-refractivity contribution in [2.24, 2.45) is 0 Å². The standard InChI is InChI=1S/C18H27NO5/c1-6-10(3)17(21)23-12-8-13-15(20)16(14(9-12)19(13)5)24-18(22)11(4)7-2/h6-7,12-16,20H,8-9H2,1-5H3/b10-6+,11-7+/t12-,13-,14+,15?,16+/m1/s1. The van der Waals surface area contributed by atoms with Gasteiger partial charge in [-0.3, -0.25) is 4.90 Å². The van der Waals surface area contributed by atoms with E-state index in [-0.39, 0.29) is 24.2 Å². The molecule has 2 rings (SSSR count). The molecule has 0 aromatic heterocycles. The highest BCUT2D eigenvalue weighted by Gasteiger charge is 2.53. The van der Waals surface area contributed by atoms with Gasteiger partial charge in [0, 0.05) is 30.0 Å². The third kappa shape index (κ3) is 3.54. The van der Waals surface area contributed by atoms with E-state index >= 15 is 0 Å². The first-order chi connectivity index (χ1) is 11.3. The summed E-state index contributed by atoms with van der Waals surface area (Å²) >= 11 is 0. The summed E-state index contributed by atoms with van der Waals surface area (Å²) in [6, 6.07) is -0.341. The summed E-state index contributed by atoms with van der Waals surface area (Å²) < 4.78 is 11.1. The first-order valence-electron chi connectivity index (χ1n) is 8.37. The Hall–Kier alpha value is -1.66. The van der Waals surface area contributed by atoms with Crippen molar-refractivity contribution in [3.63, 3.8) is 0 Å². The van der Waals surface area contributed by atoms with Crippen LogP contribution in [0.5, 0.6) is 0 Å². The number of carbonyl (C=O) groups excluding carboxylic acids is 2. The van der Waals surface area contributed by atoms with Crippen LogP contribution < -0.4 is 0 Å². The lowest BCUT2D eigenvalue weighted by Gasteiger charge is -2.36. The topological polar surface area (TPSA) is 76.1 Å². The summed E-state index contributed by atoms with van der Waals surface area (Å²) in [5.74, 6) is -0.750. The van der Waals surface area contributed by atoms with Crippen molar-refractivity contribution in [3.05, 3.63) is 23.3 Å². The summed E-state index contributed by atoms with van der Waals surface area (Å²) in [4.78, 5) is 26.0. The molecule has 0 aromatic carbocycles. The first kappa shape index (κ1) is 18.7. The number of aliphatic hydroxyl groups excluding tert-OH is 1. The lowest BCUT2D eigenvalue weighted by atomic mass is 10.00. The highest BCUT2D eigenvalue weighted by atomic mass is 16.6. The van der Waals surface area contributed by atoms with Gasteiger partial charge in [-0.05, 0) is 34.7 Å². The number of hydrogen-bond donors (Lipinski definition) is 1. The molecular formula is C18H27NO5. The van der Waals surface area contributed by atoms with Crippen molar-refractivity contribution in [1.82, 2.24) is 4.90 Å². The largest absolute Gasteiger partial charge is 0.459 e. The minimum Gasteiger partial charge on any atom is -0.459 e. The molecule has 2 fully saturated rings. The molecule has 5 atom stereocenters. The van der Waals surface area contributed by atoms with Crippen LogP contribution in [0.1, 0.15) is 40.5 Å². The third-order valence-electron chi connectivity index (χ3n) is 5.19. The van der Waals surface area contributed by atoms with Crippen LogP contribution >= 0.6 is 0 Å². The number of rotatable bonds is 4. The minimum atomic E-state index is -0.778. The monoisotopic (exact) mass is 337 g/mol. The maximum absolute atomic E-state index is 12.0. The molecule has 6 heteroatoms. The maximum atomic E-state index is 12.0. The SMILES string of the molecule is C/C=C(\C)C(=O)O[C@@H]1C[C@@H]2C(O)[C@@H](OC(=O)/C(C)=C/C)[C@H](C1)N2C. The number of carbonyl (C=O) groups is 2. The second kappa shape index (κ2) is 7.49. The number of allylic oxidation sites excluding steroid dienone is 2. The number of piperidine rings is 1. The van der Waals surface area contributed by atoms with Crippen molar-refractivity contribution in [2.45, 2.75) is 70.9 Å². The van der Waals surface area contributed by atoms with Crippen molar-refractivity contribution in [3.8, 4) is 0 Å². The van der Waals surface area contributed by atoms with E-state index < -0.39 is 18.2 Å². The Morgan fingerprint density at radius 1 is 1.00 bits per heavy atom. The van der Waals surface area contributed by atoms with E-state index in [4.69, 9.17) is 9.47 Å². The quantitative estimate of drug-likeness (QED) is 0.620. The third-order valence-corrected chi connectivity index (χ3v) is 5.19. The highest BCUT2D eigenvalue weighted by molar-refractivity contribution is 5.88. The Morgan fingerprint density at radius 3 is 2.04 bits per heavy atom. The molecule has 0 aliphatic carbocycles. The molecule has 2 aliphatic heterocycles. The number of aliphatic hydroxyl groups is 1. The number of fused-ring (bicyclic) bond motifs is 2. The van der Waals surface area contributed by atoms with E-state index in [9.17, 15) is 14.7 Å². The molecule has 2 bridgehead atoms. The molecule has 2 saturated heterocycles. The fourth-order valence-electron chi connectivity index (χ4n) is 3.35. The lowest BCUT2D eigenvalue weighted by Crippen LogP contribution is -2.46. The van der Waals surface area contributed by atoms with Crippen LogP contribution in [0.4, 0.5) is 0 Å². The molecule has 0 spiro atoms. The van der Waals surface area contributed by atoms with Crippen LogP contribution in [0, 0.1) is 0 Å². The van der Waals surface area contributed by atoms with Gasteiger partial charge in [0.15, 0.2) is 0 Å². The fourth-order valence-corrected chi connectivity index (χ4v) is 3.35. The van der Waals surface area contributed by atoms with Gasteiger partial charge in [-0.15, -0.1) is 0 Å². The predicted molar refractivity (Wildman–Crippen MR) is 89.2 cm³/mol. The predicted octanol–water partition coefficient (Wildman–Crippen LogP) is 1.58. The Labute approximate surface area is 143 Å². The van der Waals surface area contributed by atoms with Gasteiger partial charge >= 0.3 is 11.9 Å². The van der Waals surface area contributed by atoms with Crippen molar-refractivity contribution >= 4 is 11.9 Å². The van der Waals surface area contributed by atoms with Gasteiger partial charge in [0.2, 0.25) is 0 Å². The molecular weight excluding hydrogens is 310 g/mol. The van der Waals surface area contributed by atoms with E-state index in [1.807, 2.05) is 11.9 Å². The molecule has 1 N–H and O–H groups in total. The lowest BCUT2D eigenvalue weighted by molar-refractivity contribution is -0.152. The molecule has 2 aliphatic rings. The second-order valence-electron chi connectivity index (χ2n) is 6.60. The van der Waals surface area contributed by atoms with Gasteiger partial charge in [-0.25, -0.2) is 9.59 Å². The number of ether oxygens (including phenoxy) is 2. The zero-order valence-corrected chi connectivity index (χ0v) is 15.0. The van der Waals surface area contributed by atoms with Gasteiger partial charge in [0.25, 0.3) is 0 Å². The maximum Gasteiger partial charge on any atom is 0.333 e. The zero-order valence-electron chi connectivity index (χ0n) is 15.0. The molecule has 0 aromatic rings. The number of hydrogen-bond acceptors (Lipinski definition) is 6. The smallest absolute Gasteiger partial charge is 0.333 e. The number of likely N-dealkylation sites (N-methyl/N-ethyl adjacent to an activating group) is 1. The molecule has 0 radical (unpaired) electrons. The summed E-state index contributed by atoms with van der Waals surface area (Å²) in [7, 11) is 1.91. The Bertz CT molecular complexity index is 568. The summed E-state index contributed by atoms with van der Waals surface area (Å²) in [5.41, 5.74) is 1.08. The van der Waals surface area contributed by atoms with Crippen LogP contribution in [0.3, 0.4) is 0 Å².